The SMILES string of the molecule is CNC(Cc1csc(C)n1)c1cc(C)oc1C. The number of furan rings is 1. The molecule has 0 saturated heterocycles. The molecule has 0 amide bonds. The number of hydrogen-bond acceptors (Lipinski definition) is 4. The number of nitrogens with one attached hydrogen (secondary N) is 1. The van der Waals surface area contributed by atoms with Gasteiger partial charge in [0.25, 0.3) is 0 Å². The molecule has 0 aliphatic rings. The van der Waals surface area contributed by atoms with Crippen LogP contribution in [0.25, 0.3) is 0 Å². The Labute approximate surface area is 106 Å². The lowest BCUT2D eigenvalue weighted by Gasteiger charge is -2.13. The fraction of sp³-hybridized carbons (Fsp3) is 0.462. The summed E-state index contributed by atoms with van der Waals surface area (Å²) in [6.45, 7) is 6.03. The smallest absolute Gasteiger partial charge is 0.105 e. The minimum atomic E-state index is 0.272. The summed E-state index contributed by atoms with van der Waals surface area (Å²) in [5.41, 5.74) is 2.38. The van der Waals surface area contributed by atoms with Crippen LogP contribution in [0.3, 0.4) is 0 Å². The van der Waals surface area contributed by atoms with Crippen molar-refractivity contribution in [2.24, 2.45) is 0 Å². The molecule has 1 atom stereocenters. The van der Waals surface area contributed by atoms with Crippen molar-refractivity contribution in [2.75, 3.05) is 7.05 Å². The summed E-state index contributed by atoms with van der Waals surface area (Å²) in [4.78, 5) is 4.51. The van der Waals surface area contributed by atoms with Gasteiger partial charge in [0, 0.05) is 23.4 Å². The topological polar surface area (TPSA) is 38.1 Å². The van der Waals surface area contributed by atoms with Gasteiger partial charge in [0.15, 0.2) is 0 Å². The summed E-state index contributed by atoms with van der Waals surface area (Å²) in [5.74, 6) is 1.96. The van der Waals surface area contributed by atoms with E-state index in [1.54, 1.807) is 11.3 Å². The van der Waals surface area contributed by atoms with Crippen LogP contribution in [0.2, 0.25) is 0 Å². The van der Waals surface area contributed by atoms with Crippen molar-refractivity contribution >= 4 is 11.3 Å². The van der Waals surface area contributed by atoms with Crippen LogP contribution in [0.5, 0.6) is 0 Å². The van der Waals surface area contributed by atoms with Crippen LogP contribution in [0, 0.1) is 20.8 Å². The molecule has 3 nitrogen and oxygen atoms in total. The third-order valence-electron chi connectivity index (χ3n) is 2.88. The first-order valence-corrected chi connectivity index (χ1v) is 6.63. The number of thiazole rings is 1. The van der Waals surface area contributed by atoms with Crippen molar-refractivity contribution in [3.05, 3.63) is 39.2 Å². The van der Waals surface area contributed by atoms with E-state index in [9.17, 15) is 0 Å². The fourth-order valence-electron chi connectivity index (χ4n) is 2.08. The number of hydrogen-bond donors (Lipinski definition) is 1. The molecule has 0 saturated carbocycles. The maximum Gasteiger partial charge on any atom is 0.105 e. The van der Waals surface area contributed by atoms with Gasteiger partial charge in [-0.2, -0.15) is 0 Å². The standard InChI is InChI=1S/C13H18N2OS/c1-8-5-12(9(2)16-8)13(14-4)6-11-7-17-10(3)15-11/h5,7,13-14H,6H2,1-4H3. The Kier molecular flexibility index (Phi) is 3.64. The molecule has 0 spiro atoms. The fourth-order valence-corrected chi connectivity index (χ4v) is 2.70. The summed E-state index contributed by atoms with van der Waals surface area (Å²) < 4.78 is 5.58. The molecule has 0 bridgehead atoms. The highest BCUT2D eigenvalue weighted by atomic mass is 32.1. The van der Waals surface area contributed by atoms with E-state index in [-0.39, 0.29) is 6.04 Å². The Bertz CT molecular complexity index is 501. The van der Waals surface area contributed by atoms with Crippen molar-refractivity contribution in [1.29, 1.82) is 0 Å². The third-order valence-corrected chi connectivity index (χ3v) is 3.71. The van der Waals surface area contributed by atoms with E-state index >= 15 is 0 Å². The van der Waals surface area contributed by atoms with Crippen molar-refractivity contribution in [3.63, 3.8) is 0 Å². The lowest BCUT2D eigenvalue weighted by Crippen LogP contribution is -2.19. The average molecular weight is 250 g/mol. The normalized spacial score (nSPS) is 12.9. The summed E-state index contributed by atoms with van der Waals surface area (Å²) in [5, 5.41) is 6.58. The monoisotopic (exact) mass is 250 g/mol. The number of rotatable bonds is 4. The van der Waals surface area contributed by atoms with Crippen LogP contribution in [-0.2, 0) is 6.42 Å². The Hall–Kier alpha value is -1.13. The van der Waals surface area contributed by atoms with Gasteiger partial charge in [-0.1, -0.05) is 0 Å². The van der Waals surface area contributed by atoms with Gasteiger partial charge in [0.1, 0.15) is 11.5 Å². The summed E-state index contributed by atoms with van der Waals surface area (Å²) in [7, 11) is 1.98. The van der Waals surface area contributed by atoms with Gasteiger partial charge < -0.3 is 9.73 Å². The van der Waals surface area contributed by atoms with Gasteiger partial charge in [-0.15, -0.1) is 11.3 Å². The maximum absolute atomic E-state index is 5.58. The van der Waals surface area contributed by atoms with Crippen molar-refractivity contribution in [2.45, 2.75) is 33.2 Å². The van der Waals surface area contributed by atoms with E-state index in [4.69, 9.17) is 4.42 Å². The zero-order valence-electron chi connectivity index (χ0n) is 10.7. The Balaban J connectivity index is 2.19. The lowest BCUT2D eigenvalue weighted by atomic mass is 10.0. The van der Waals surface area contributed by atoms with Gasteiger partial charge in [0.05, 0.1) is 10.7 Å². The average Bonchev–Trinajstić information content (AvgIpc) is 2.82. The summed E-state index contributed by atoms with van der Waals surface area (Å²) >= 11 is 1.70. The first-order chi connectivity index (χ1) is 8.10. The minimum Gasteiger partial charge on any atom is -0.466 e. The molecule has 1 unspecified atom stereocenters. The van der Waals surface area contributed by atoms with Crippen LogP contribution in [-0.4, -0.2) is 12.0 Å². The summed E-state index contributed by atoms with van der Waals surface area (Å²) in [6, 6.07) is 2.38. The van der Waals surface area contributed by atoms with Crippen molar-refractivity contribution in [3.8, 4) is 0 Å². The molecule has 4 heteroatoms. The van der Waals surface area contributed by atoms with E-state index in [2.05, 4.69) is 21.7 Å². The predicted octanol–water partition coefficient (Wildman–Crippen LogP) is 3.16. The van der Waals surface area contributed by atoms with Crippen LogP contribution in [0.1, 0.15) is 33.8 Å². The van der Waals surface area contributed by atoms with E-state index in [0.717, 1.165) is 28.6 Å². The molecule has 1 N–H and O–H groups in total. The molecular weight excluding hydrogens is 232 g/mol. The van der Waals surface area contributed by atoms with E-state index < -0.39 is 0 Å². The minimum absolute atomic E-state index is 0.272. The number of aromatic nitrogens is 1. The Morgan fingerprint density at radius 1 is 1.41 bits per heavy atom. The van der Waals surface area contributed by atoms with Crippen LogP contribution < -0.4 is 5.32 Å². The quantitative estimate of drug-likeness (QED) is 0.905. The van der Waals surface area contributed by atoms with E-state index in [0.29, 0.717) is 0 Å². The van der Waals surface area contributed by atoms with Gasteiger partial charge >= 0.3 is 0 Å². The second kappa shape index (κ2) is 5.02. The van der Waals surface area contributed by atoms with E-state index in [1.807, 2.05) is 27.8 Å². The van der Waals surface area contributed by atoms with Crippen LogP contribution in [0.4, 0.5) is 0 Å². The first-order valence-electron chi connectivity index (χ1n) is 5.75. The molecule has 17 heavy (non-hydrogen) atoms. The second-order valence-electron chi connectivity index (χ2n) is 4.27. The van der Waals surface area contributed by atoms with Crippen LogP contribution in [0.15, 0.2) is 15.9 Å². The Morgan fingerprint density at radius 2 is 2.18 bits per heavy atom. The molecule has 0 aliphatic carbocycles. The second-order valence-corrected chi connectivity index (χ2v) is 5.33. The largest absolute Gasteiger partial charge is 0.466 e. The molecular formula is C13H18N2OS. The summed E-state index contributed by atoms with van der Waals surface area (Å²) in [6.07, 6.45) is 0.903. The van der Waals surface area contributed by atoms with Gasteiger partial charge in [0.2, 0.25) is 0 Å². The highest BCUT2D eigenvalue weighted by Crippen LogP contribution is 2.24. The third kappa shape index (κ3) is 2.76. The zero-order chi connectivity index (χ0) is 12.4. The van der Waals surface area contributed by atoms with Gasteiger partial charge in [-0.05, 0) is 33.9 Å². The van der Waals surface area contributed by atoms with Crippen LogP contribution >= 0.6 is 11.3 Å². The molecule has 0 aromatic carbocycles. The molecule has 2 heterocycles. The molecule has 0 radical (unpaired) electrons. The van der Waals surface area contributed by atoms with E-state index in [1.165, 1.54) is 5.56 Å². The zero-order valence-corrected chi connectivity index (χ0v) is 11.5. The molecule has 0 aliphatic heterocycles. The van der Waals surface area contributed by atoms with Crippen molar-refractivity contribution in [1.82, 2.24) is 10.3 Å². The molecule has 92 valence electrons. The lowest BCUT2D eigenvalue weighted by molar-refractivity contribution is 0.489. The number of nitrogens with zero attached hydrogens (tertiary/aromatic N) is 1. The maximum atomic E-state index is 5.58. The first kappa shape index (κ1) is 12.3. The van der Waals surface area contributed by atoms with Crippen molar-refractivity contribution < 1.29 is 4.42 Å². The number of likely N-dealkylation sites (N-methyl/N-ethyl adjacent to an activating group) is 1. The van der Waals surface area contributed by atoms with Gasteiger partial charge in [-0.25, -0.2) is 4.98 Å². The highest BCUT2D eigenvalue weighted by Gasteiger charge is 2.17. The highest BCUT2D eigenvalue weighted by molar-refractivity contribution is 7.09. The Morgan fingerprint density at radius 3 is 2.65 bits per heavy atom. The molecule has 0 fully saturated rings. The van der Waals surface area contributed by atoms with Gasteiger partial charge in [-0.3, -0.25) is 0 Å². The molecule has 2 rings (SSSR count). The molecule has 2 aromatic rings. The molecule has 2 aromatic heterocycles. The number of aryl methyl sites for hydroxylation is 3. The predicted molar refractivity (Wildman–Crippen MR) is 70.5 cm³/mol.